The van der Waals surface area contributed by atoms with Crippen molar-refractivity contribution in [3.8, 4) is 6.07 Å². The minimum absolute atomic E-state index is 0.149. The van der Waals surface area contributed by atoms with Crippen LogP contribution in [0.1, 0.15) is 30.1 Å². The maximum absolute atomic E-state index is 9.26. The molecule has 0 fully saturated rings. The predicted molar refractivity (Wildman–Crippen MR) is 72.8 cm³/mol. The van der Waals surface area contributed by atoms with Crippen LogP contribution in [0.3, 0.4) is 0 Å². The van der Waals surface area contributed by atoms with E-state index in [1.165, 1.54) is 5.56 Å². The molecule has 0 spiro atoms. The molecule has 0 radical (unpaired) electrons. The van der Waals surface area contributed by atoms with Gasteiger partial charge in [-0.25, -0.2) is 0 Å². The van der Waals surface area contributed by atoms with Gasteiger partial charge in [0.25, 0.3) is 0 Å². The normalized spacial score (nSPS) is 13.6. The summed E-state index contributed by atoms with van der Waals surface area (Å²) < 4.78 is 0. The van der Waals surface area contributed by atoms with E-state index in [1.807, 2.05) is 48.5 Å². The summed E-state index contributed by atoms with van der Waals surface area (Å²) >= 11 is 0. The Hall–Kier alpha value is -2.11. The highest BCUT2D eigenvalue weighted by atomic mass is 14.9. The van der Waals surface area contributed by atoms with Crippen LogP contribution >= 0.6 is 0 Å². The number of hydrogen-bond acceptors (Lipinski definition) is 2. The van der Waals surface area contributed by atoms with Crippen LogP contribution in [0.25, 0.3) is 0 Å². The second-order valence-corrected chi connectivity index (χ2v) is 4.27. The van der Waals surface area contributed by atoms with E-state index < -0.39 is 0 Å². The molecule has 0 unspecified atom stereocenters. The second kappa shape index (κ2) is 6.00. The molecule has 2 nitrogen and oxygen atoms in total. The van der Waals surface area contributed by atoms with Crippen molar-refractivity contribution < 1.29 is 0 Å². The molecule has 0 amide bonds. The highest BCUT2D eigenvalue weighted by molar-refractivity contribution is 5.25. The summed E-state index contributed by atoms with van der Waals surface area (Å²) in [6.07, 6.45) is 0. The van der Waals surface area contributed by atoms with E-state index in [4.69, 9.17) is 0 Å². The van der Waals surface area contributed by atoms with Crippen LogP contribution in [0.4, 0.5) is 0 Å². The average Bonchev–Trinajstić information content (AvgIpc) is 2.46. The zero-order valence-corrected chi connectivity index (χ0v) is 10.4. The highest BCUT2D eigenvalue weighted by Crippen LogP contribution is 2.18. The van der Waals surface area contributed by atoms with Gasteiger partial charge >= 0.3 is 0 Å². The Balaban J connectivity index is 2.11. The van der Waals surface area contributed by atoms with Gasteiger partial charge in [-0.1, -0.05) is 60.7 Å². The van der Waals surface area contributed by atoms with Crippen molar-refractivity contribution in [3.63, 3.8) is 0 Å². The largest absolute Gasteiger partial charge is 0.292 e. The number of nitrogens with one attached hydrogen (secondary N) is 1. The molecule has 0 heterocycles. The standard InChI is InChI=1S/C16H16N2/c1-13(14-8-4-2-5-9-14)18-16(12-17)15-10-6-3-7-11-15/h2-11,13,16,18H,1H3/t13-,16-/m1/s1. The molecule has 0 saturated heterocycles. The van der Waals surface area contributed by atoms with Crippen LogP contribution in [-0.4, -0.2) is 0 Å². The number of nitrogens with zero attached hydrogens (tertiary/aromatic N) is 1. The molecule has 0 bridgehead atoms. The summed E-state index contributed by atoms with van der Waals surface area (Å²) in [6, 6.07) is 22.1. The van der Waals surface area contributed by atoms with Crippen molar-refractivity contribution in [1.82, 2.24) is 5.32 Å². The first-order chi connectivity index (χ1) is 8.81. The smallest absolute Gasteiger partial charge is 0.121 e. The zero-order valence-electron chi connectivity index (χ0n) is 10.4. The first kappa shape index (κ1) is 12.3. The first-order valence-corrected chi connectivity index (χ1v) is 6.07. The van der Waals surface area contributed by atoms with E-state index in [0.29, 0.717) is 0 Å². The Morgan fingerprint density at radius 3 is 1.89 bits per heavy atom. The number of hydrogen-bond donors (Lipinski definition) is 1. The number of rotatable bonds is 4. The fourth-order valence-corrected chi connectivity index (χ4v) is 1.94. The molecule has 0 aliphatic rings. The molecule has 0 aromatic heterocycles. The summed E-state index contributed by atoms with van der Waals surface area (Å²) in [5.41, 5.74) is 2.19. The number of nitriles is 1. The molecular weight excluding hydrogens is 220 g/mol. The van der Waals surface area contributed by atoms with Crippen LogP contribution in [0.2, 0.25) is 0 Å². The van der Waals surface area contributed by atoms with Crippen LogP contribution in [0.15, 0.2) is 60.7 Å². The van der Waals surface area contributed by atoms with Crippen molar-refractivity contribution >= 4 is 0 Å². The lowest BCUT2D eigenvalue weighted by Gasteiger charge is -2.18. The van der Waals surface area contributed by atoms with Gasteiger partial charge in [0, 0.05) is 6.04 Å². The van der Waals surface area contributed by atoms with E-state index >= 15 is 0 Å². The maximum Gasteiger partial charge on any atom is 0.121 e. The fraction of sp³-hybridized carbons (Fsp3) is 0.188. The van der Waals surface area contributed by atoms with Crippen molar-refractivity contribution in [1.29, 1.82) is 5.26 Å². The summed E-state index contributed by atoms with van der Waals surface area (Å²) in [6.45, 7) is 2.07. The van der Waals surface area contributed by atoms with Gasteiger partial charge in [0.1, 0.15) is 6.04 Å². The van der Waals surface area contributed by atoms with Crippen LogP contribution in [0, 0.1) is 11.3 Å². The Morgan fingerprint density at radius 1 is 0.889 bits per heavy atom. The SMILES string of the molecule is C[C@@H](N[C@H](C#N)c1ccccc1)c1ccccc1. The molecule has 1 N–H and O–H groups in total. The van der Waals surface area contributed by atoms with E-state index in [1.54, 1.807) is 0 Å². The lowest BCUT2D eigenvalue weighted by molar-refractivity contribution is 0.533. The molecule has 0 aliphatic heterocycles. The third-order valence-electron chi connectivity index (χ3n) is 2.98. The monoisotopic (exact) mass is 236 g/mol. The number of benzene rings is 2. The van der Waals surface area contributed by atoms with E-state index in [2.05, 4.69) is 30.4 Å². The molecular formula is C16H16N2. The minimum Gasteiger partial charge on any atom is -0.292 e. The van der Waals surface area contributed by atoms with E-state index in [9.17, 15) is 5.26 Å². The summed E-state index contributed by atoms with van der Waals surface area (Å²) in [5, 5.41) is 12.6. The molecule has 2 aromatic rings. The van der Waals surface area contributed by atoms with Gasteiger partial charge in [0.2, 0.25) is 0 Å². The lowest BCUT2D eigenvalue weighted by atomic mass is 10.0. The van der Waals surface area contributed by atoms with Gasteiger partial charge < -0.3 is 0 Å². The maximum atomic E-state index is 9.26. The molecule has 2 atom stereocenters. The van der Waals surface area contributed by atoms with Crippen molar-refractivity contribution in [2.75, 3.05) is 0 Å². The van der Waals surface area contributed by atoms with Crippen molar-refractivity contribution in [3.05, 3.63) is 71.8 Å². The van der Waals surface area contributed by atoms with Crippen molar-refractivity contribution in [2.24, 2.45) is 0 Å². The molecule has 90 valence electrons. The van der Waals surface area contributed by atoms with Crippen LogP contribution in [0.5, 0.6) is 0 Å². The van der Waals surface area contributed by atoms with Gasteiger partial charge in [-0.2, -0.15) is 5.26 Å². The zero-order chi connectivity index (χ0) is 12.8. The topological polar surface area (TPSA) is 35.8 Å². The Kier molecular flexibility index (Phi) is 4.11. The second-order valence-electron chi connectivity index (χ2n) is 4.27. The van der Waals surface area contributed by atoms with Crippen LogP contribution in [-0.2, 0) is 0 Å². The summed E-state index contributed by atoms with van der Waals surface area (Å²) in [7, 11) is 0. The average molecular weight is 236 g/mol. The summed E-state index contributed by atoms with van der Waals surface area (Å²) in [5.74, 6) is 0. The van der Waals surface area contributed by atoms with E-state index in [0.717, 1.165) is 5.56 Å². The Bertz CT molecular complexity index is 514. The van der Waals surface area contributed by atoms with Gasteiger partial charge in [-0.05, 0) is 18.1 Å². The fourth-order valence-electron chi connectivity index (χ4n) is 1.94. The lowest BCUT2D eigenvalue weighted by Crippen LogP contribution is -2.23. The van der Waals surface area contributed by atoms with Gasteiger partial charge in [-0.15, -0.1) is 0 Å². The van der Waals surface area contributed by atoms with E-state index in [-0.39, 0.29) is 12.1 Å². The third kappa shape index (κ3) is 2.97. The van der Waals surface area contributed by atoms with Gasteiger partial charge in [-0.3, -0.25) is 5.32 Å². The highest BCUT2D eigenvalue weighted by Gasteiger charge is 2.13. The molecule has 0 aliphatic carbocycles. The Morgan fingerprint density at radius 2 is 1.39 bits per heavy atom. The molecule has 2 heteroatoms. The Labute approximate surface area is 108 Å². The summed E-state index contributed by atoms with van der Waals surface area (Å²) in [4.78, 5) is 0. The van der Waals surface area contributed by atoms with Gasteiger partial charge in [0.15, 0.2) is 0 Å². The first-order valence-electron chi connectivity index (χ1n) is 6.07. The third-order valence-corrected chi connectivity index (χ3v) is 2.98. The quantitative estimate of drug-likeness (QED) is 0.880. The van der Waals surface area contributed by atoms with Crippen molar-refractivity contribution in [2.45, 2.75) is 19.0 Å². The predicted octanol–water partition coefficient (Wildman–Crippen LogP) is 3.60. The molecule has 18 heavy (non-hydrogen) atoms. The minimum atomic E-state index is -0.276. The van der Waals surface area contributed by atoms with Gasteiger partial charge in [0.05, 0.1) is 6.07 Å². The molecule has 2 aromatic carbocycles. The molecule has 2 rings (SSSR count). The van der Waals surface area contributed by atoms with Crippen LogP contribution < -0.4 is 5.32 Å². The molecule has 0 saturated carbocycles.